The number of carbonyl (C=O) groups is 2. The van der Waals surface area contributed by atoms with Crippen LogP contribution in [0.25, 0.3) is 0 Å². The van der Waals surface area contributed by atoms with Gasteiger partial charge in [0.25, 0.3) is 5.91 Å². The quantitative estimate of drug-likeness (QED) is 0.626. The molecule has 2 aromatic rings. The van der Waals surface area contributed by atoms with E-state index in [1.165, 1.54) is 18.2 Å². The lowest BCUT2D eigenvalue weighted by Gasteiger charge is -2.10. The summed E-state index contributed by atoms with van der Waals surface area (Å²) in [4.78, 5) is 23.7. The van der Waals surface area contributed by atoms with E-state index in [9.17, 15) is 9.59 Å². The maximum Gasteiger partial charge on any atom is 0.338 e. The van der Waals surface area contributed by atoms with Crippen LogP contribution in [0, 0.1) is 0 Å². The normalized spacial score (nSPS) is 10.2. The molecule has 0 spiro atoms. The standard InChI is InChI=1S/C15H11Cl3N2O3/c16-9-5-4-8(6-12(9)19)15(22)23-7-13(21)20-14-10(17)2-1-3-11(14)18/h1-6H,7,19H2,(H,20,21). The molecule has 0 aliphatic carbocycles. The van der Waals surface area contributed by atoms with Gasteiger partial charge in [0.1, 0.15) is 0 Å². The minimum absolute atomic E-state index is 0.190. The Balaban J connectivity index is 1.96. The second-order valence-electron chi connectivity index (χ2n) is 4.46. The van der Waals surface area contributed by atoms with Gasteiger partial charge in [0.05, 0.1) is 32.0 Å². The molecule has 0 heterocycles. The molecule has 0 aliphatic heterocycles. The lowest BCUT2D eigenvalue weighted by Crippen LogP contribution is -2.21. The number of benzene rings is 2. The predicted molar refractivity (Wildman–Crippen MR) is 91.2 cm³/mol. The molecule has 0 radical (unpaired) electrons. The molecule has 5 nitrogen and oxygen atoms in total. The van der Waals surface area contributed by atoms with Crippen molar-refractivity contribution in [1.82, 2.24) is 0 Å². The number of hydrogen-bond acceptors (Lipinski definition) is 4. The highest BCUT2D eigenvalue weighted by atomic mass is 35.5. The Morgan fingerprint density at radius 3 is 2.30 bits per heavy atom. The van der Waals surface area contributed by atoms with Crippen LogP contribution in [-0.2, 0) is 9.53 Å². The fourth-order valence-electron chi connectivity index (χ4n) is 1.68. The fourth-order valence-corrected chi connectivity index (χ4v) is 2.29. The highest BCUT2D eigenvalue weighted by Gasteiger charge is 2.14. The van der Waals surface area contributed by atoms with Crippen LogP contribution < -0.4 is 11.1 Å². The summed E-state index contributed by atoms with van der Waals surface area (Å²) in [6.07, 6.45) is 0. The lowest BCUT2D eigenvalue weighted by molar-refractivity contribution is -0.119. The molecule has 0 atom stereocenters. The van der Waals surface area contributed by atoms with Gasteiger partial charge >= 0.3 is 5.97 Å². The van der Waals surface area contributed by atoms with Crippen LogP contribution in [0.3, 0.4) is 0 Å². The van der Waals surface area contributed by atoms with E-state index in [4.69, 9.17) is 45.3 Å². The zero-order valence-electron chi connectivity index (χ0n) is 11.6. The van der Waals surface area contributed by atoms with E-state index in [0.29, 0.717) is 5.02 Å². The molecule has 0 saturated heterocycles. The van der Waals surface area contributed by atoms with Crippen molar-refractivity contribution in [2.24, 2.45) is 0 Å². The van der Waals surface area contributed by atoms with Crippen LogP contribution in [0.2, 0.25) is 15.1 Å². The maximum absolute atomic E-state index is 11.8. The smallest absolute Gasteiger partial charge is 0.338 e. The van der Waals surface area contributed by atoms with Crippen molar-refractivity contribution in [3.05, 3.63) is 57.0 Å². The van der Waals surface area contributed by atoms with Gasteiger partial charge in [0.15, 0.2) is 6.61 Å². The summed E-state index contributed by atoms with van der Waals surface area (Å²) in [5, 5.41) is 3.37. The first-order valence-electron chi connectivity index (χ1n) is 6.34. The number of anilines is 2. The largest absolute Gasteiger partial charge is 0.452 e. The summed E-state index contributed by atoms with van der Waals surface area (Å²) in [5.74, 6) is -1.27. The molecule has 0 unspecified atom stereocenters. The summed E-state index contributed by atoms with van der Waals surface area (Å²) >= 11 is 17.6. The molecule has 2 aromatic carbocycles. The van der Waals surface area contributed by atoms with Crippen LogP contribution in [0.5, 0.6) is 0 Å². The van der Waals surface area contributed by atoms with Gasteiger partial charge in [-0.15, -0.1) is 0 Å². The molecule has 120 valence electrons. The molecule has 8 heteroatoms. The molecule has 1 amide bonds. The van der Waals surface area contributed by atoms with Crippen LogP contribution >= 0.6 is 34.8 Å². The topological polar surface area (TPSA) is 81.4 Å². The van der Waals surface area contributed by atoms with E-state index in [2.05, 4.69) is 5.32 Å². The average molecular weight is 374 g/mol. The molecule has 3 N–H and O–H groups in total. The number of rotatable bonds is 4. The average Bonchev–Trinajstić information content (AvgIpc) is 2.51. The minimum Gasteiger partial charge on any atom is -0.452 e. The number of nitrogens with two attached hydrogens (primary N) is 1. The molecule has 0 fully saturated rings. The highest BCUT2D eigenvalue weighted by molar-refractivity contribution is 6.39. The van der Waals surface area contributed by atoms with Crippen molar-refractivity contribution in [1.29, 1.82) is 0 Å². The van der Waals surface area contributed by atoms with Gasteiger partial charge in [-0.3, -0.25) is 4.79 Å². The number of nitrogens with one attached hydrogen (secondary N) is 1. The zero-order chi connectivity index (χ0) is 17.0. The van der Waals surface area contributed by atoms with Gasteiger partial charge < -0.3 is 15.8 Å². The first kappa shape index (κ1) is 17.4. The first-order valence-corrected chi connectivity index (χ1v) is 7.48. The fraction of sp³-hybridized carbons (Fsp3) is 0.0667. The summed E-state index contributed by atoms with van der Waals surface area (Å²) < 4.78 is 4.90. The molecule has 23 heavy (non-hydrogen) atoms. The molecular formula is C15H11Cl3N2O3. The molecule has 0 aromatic heterocycles. The number of hydrogen-bond donors (Lipinski definition) is 2. The van der Waals surface area contributed by atoms with Gasteiger partial charge in [-0.1, -0.05) is 40.9 Å². The van der Waals surface area contributed by atoms with E-state index in [1.54, 1.807) is 18.2 Å². The number of para-hydroxylation sites is 1. The van der Waals surface area contributed by atoms with Crippen LogP contribution in [0.4, 0.5) is 11.4 Å². The Bertz CT molecular complexity index is 745. The van der Waals surface area contributed by atoms with Crippen molar-refractivity contribution >= 4 is 58.1 Å². The number of ether oxygens (including phenoxy) is 1. The number of carbonyl (C=O) groups excluding carboxylic acids is 2. The Morgan fingerprint density at radius 1 is 1.04 bits per heavy atom. The zero-order valence-corrected chi connectivity index (χ0v) is 13.9. The van der Waals surface area contributed by atoms with Gasteiger partial charge in [-0.25, -0.2) is 4.79 Å². The second kappa shape index (κ2) is 7.55. The van der Waals surface area contributed by atoms with Crippen molar-refractivity contribution in [2.75, 3.05) is 17.7 Å². The second-order valence-corrected chi connectivity index (χ2v) is 5.68. The maximum atomic E-state index is 11.8. The Hall–Kier alpha value is -1.95. The van der Waals surface area contributed by atoms with E-state index < -0.39 is 18.5 Å². The van der Waals surface area contributed by atoms with Crippen LogP contribution in [0.1, 0.15) is 10.4 Å². The van der Waals surface area contributed by atoms with E-state index in [1.807, 2.05) is 0 Å². The first-order chi connectivity index (χ1) is 10.9. The van der Waals surface area contributed by atoms with Crippen molar-refractivity contribution in [3.8, 4) is 0 Å². The Labute approximate surface area is 147 Å². The van der Waals surface area contributed by atoms with Crippen LogP contribution in [-0.4, -0.2) is 18.5 Å². The summed E-state index contributed by atoms with van der Waals surface area (Å²) in [7, 11) is 0. The third-order valence-corrected chi connectivity index (χ3v) is 3.77. The predicted octanol–water partition coefficient (Wildman–Crippen LogP) is 4.02. The number of esters is 1. The van der Waals surface area contributed by atoms with Crippen molar-refractivity contribution in [2.45, 2.75) is 0 Å². The summed E-state index contributed by atoms with van der Waals surface area (Å²) in [6, 6.07) is 9.08. The van der Waals surface area contributed by atoms with Gasteiger partial charge in [0, 0.05) is 0 Å². The molecular weight excluding hydrogens is 363 g/mol. The van der Waals surface area contributed by atoms with E-state index in [0.717, 1.165) is 0 Å². The van der Waals surface area contributed by atoms with E-state index in [-0.39, 0.29) is 27.0 Å². The molecule has 0 aliphatic rings. The van der Waals surface area contributed by atoms with Gasteiger partial charge in [0.2, 0.25) is 0 Å². The third kappa shape index (κ3) is 4.51. The number of halogens is 3. The minimum atomic E-state index is -0.700. The van der Waals surface area contributed by atoms with Gasteiger partial charge in [-0.2, -0.15) is 0 Å². The SMILES string of the molecule is Nc1cc(C(=O)OCC(=O)Nc2c(Cl)cccc2Cl)ccc1Cl. The molecule has 0 bridgehead atoms. The Morgan fingerprint density at radius 2 is 1.70 bits per heavy atom. The monoisotopic (exact) mass is 372 g/mol. The molecule has 0 saturated carbocycles. The number of nitrogen functional groups attached to an aromatic ring is 1. The third-order valence-electron chi connectivity index (χ3n) is 2.79. The number of amides is 1. The van der Waals surface area contributed by atoms with Crippen LogP contribution in [0.15, 0.2) is 36.4 Å². The van der Waals surface area contributed by atoms with E-state index >= 15 is 0 Å². The highest BCUT2D eigenvalue weighted by Crippen LogP contribution is 2.29. The summed E-state index contributed by atoms with van der Waals surface area (Å²) in [5.41, 5.74) is 6.29. The van der Waals surface area contributed by atoms with Gasteiger partial charge in [-0.05, 0) is 30.3 Å². The summed E-state index contributed by atoms with van der Waals surface area (Å²) in [6.45, 7) is -0.497. The Kier molecular flexibility index (Phi) is 5.71. The molecule has 2 rings (SSSR count). The lowest BCUT2D eigenvalue weighted by atomic mass is 10.2. The van der Waals surface area contributed by atoms with Crippen molar-refractivity contribution in [3.63, 3.8) is 0 Å². The van der Waals surface area contributed by atoms with Crippen molar-refractivity contribution < 1.29 is 14.3 Å².